The molecule has 1 aromatic carbocycles. The van der Waals surface area contributed by atoms with Crippen molar-refractivity contribution in [2.45, 2.75) is 13.0 Å². The molecule has 1 saturated heterocycles. The number of nitrogens with zero attached hydrogens (tertiary/aromatic N) is 2. The second-order valence-corrected chi connectivity index (χ2v) is 6.42. The van der Waals surface area contributed by atoms with Gasteiger partial charge in [0.05, 0.1) is 12.5 Å². The highest BCUT2D eigenvalue weighted by molar-refractivity contribution is 5.80. The number of hydrogen-bond acceptors (Lipinski definition) is 4. The van der Waals surface area contributed by atoms with Crippen molar-refractivity contribution in [3.63, 3.8) is 0 Å². The summed E-state index contributed by atoms with van der Waals surface area (Å²) >= 11 is 0. The van der Waals surface area contributed by atoms with Gasteiger partial charge in [-0.25, -0.2) is 0 Å². The molecule has 1 aromatic rings. The predicted molar refractivity (Wildman–Crippen MR) is 98.8 cm³/mol. The molecule has 136 valence electrons. The van der Waals surface area contributed by atoms with Gasteiger partial charge in [0.15, 0.2) is 0 Å². The maximum absolute atomic E-state index is 12.7. The standard InChI is InChI=1S/C19H28N4O2/c1-3-9-21-17(24)14-22-10-12-23(13-11-22)19(25)15(2)18(20)16-7-5-4-6-8-16/h3-8,15,18H,1,9-14,20H2,2H3,(H,21,24). The normalized spacial score (nSPS) is 17.6. The molecule has 6 heteroatoms. The Hall–Kier alpha value is -2.18. The van der Waals surface area contributed by atoms with Crippen LogP contribution >= 0.6 is 0 Å². The van der Waals surface area contributed by atoms with E-state index in [1.54, 1.807) is 6.08 Å². The van der Waals surface area contributed by atoms with Crippen molar-refractivity contribution in [3.05, 3.63) is 48.6 Å². The number of carbonyl (C=O) groups excluding carboxylic acids is 2. The van der Waals surface area contributed by atoms with Crippen LogP contribution in [0, 0.1) is 5.92 Å². The fourth-order valence-corrected chi connectivity index (χ4v) is 2.98. The first-order chi connectivity index (χ1) is 12.0. The van der Waals surface area contributed by atoms with E-state index in [1.807, 2.05) is 42.2 Å². The molecule has 0 aliphatic carbocycles. The molecule has 2 unspecified atom stereocenters. The second kappa shape index (κ2) is 9.34. The van der Waals surface area contributed by atoms with E-state index >= 15 is 0 Å². The Bertz CT molecular complexity index is 582. The van der Waals surface area contributed by atoms with Gasteiger partial charge in [0, 0.05) is 38.8 Å². The zero-order chi connectivity index (χ0) is 18.2. The third-order valence-electron chi connectivity index (χ3n) is 4.61. The van der Waals surface area contributed by atoms with Crippen molar-refractivity contribution < 1.29 is 9.59 Å². The maximum Gasteiger partial charge on any atom is 0.234 e. The summed E-state index contributed by atoms with van der Waals surface area (Å²) in [5.74, 6) is -0.212. The first-order valence-corrected chi connectivity index (χ1v) is 8.72. The summed E-state index contributed by atoms with van der Waals surface area (Å²) < 4.78 is 0. The minimum Gasteiger partial charge on any atom is -0.352 e. The van der Waals surface area contributed by atoms with Crippen molar-refractivity contribution in [1.82, 2.24) is 15.1 Å². The summed E-state index contributed by atoms with van der Waals surface area (Å²) in [4.78, 5) is 28.4. The number of rotatable bonds is 7. The van der Waals surface area contributed by atoms with Crippen LogP contribution in [0.25, 0.3) is 0 Å². The molecule has 2 rings (SSSR count). The largest absolute Gasteiger partial charge is 0.352 e. The molecule has 25 heavy (non-hydrogen) atoms. The van der Waals surface area contributed by atoms with Crippen molar-refractivity contribution in [3.8, 4) is 0 Å². The van der Waals surface area contributed by atoms with Crippen LogP contribution in [0.4, 0.5) is 0 Å². The highest BCUT2D eigenvalue weighted by Crippen LogP contribution is 2.21. The number of amides is 2. The Morgan fingerprint density at radius 2 is 1.88 bits per heavy atom. The quantitative estimate of drug-likeness (QED) is 0.716. The average Bonchev–Trinajstić information content (AvgIpc) is 2.66. The Morgan fingerprint density at radius 1 is 1.24 bits per heavy atom. The topological polar surface area (TPSA) is 78.7 Å². The Kier molecular flexibility index (Phi) is 7.16. The van der Waals surface area contributed by atoms with Crippen LogP contribution in [0.2, 0.25) is 0 Å². The van der Waals surface area contributed by atoms with Crippen molar-refractivity contribution in [2.24, 2.45) is 11.7 Å². The molecule has 3 N–H and O–H groups in total. The van der Waals surface area contributed by atoms with Gasteiger partial charge in [-0.15, -0.1) is 6.58 Å². The van der Waals surface area contributed by atoms with Crippen molar-refractivity contribution in [2.75, 3.05) is 39.3 Å². The highest BCUT2D eigenvalue weighted by atomic mass is 16.2. The van der Waals surface area contributed by atoms with Crippen molar-refractivity contribution >= 4 is 11.8 Å². The minimum atomic E-state index is -0.309. The van der Waals surface area contributed by atoms with E-state index in [4.69, 9.17) is 5.73 Å². The van der Waals surface area contributed by atoms with Crippen LogP contribution < -0.4 is 11.1 Å². The van der Waals surface area contributed by atoms with E-state index in [9.17, 15) is 9.59 Å². The maximum atomic E-state index is 12.7. The molecule has 1 aliphatic rings. The molecule has 6 nitrogen and oxygen atoms in total. The van der Waals surface area contributed by atoms with Gasteiger partial charge in [0.25, 0.3) is 0 Å². The van der Waals surface area contributed by atoms with Gasteiger partial charge in [-0.3, -0.25) is 14.5 Å². The fraction of sp³-hybridized carbons (Fsp3) is 0.474. The van der Waals surface area contributed by atoms with Crippen LogP contribution in [0.1, 0.15) is 18.5 Å². The summed E-state index contributed by atoms with van der Waals surface area (Å²) in [6, 6.07) is 9.40. The van der Waals surface area contributed by atoms with E-state index in [2.05, 4.69) is 16.8 Å². The summed E-state index contributed by atoms with van der Waals surface area (Å²) in [5.41, 5.74) is 7.24. The lowest BCUT2D eigenvalue weighted by Crippen LogP contribution is -2.52. The lowest BCUT2D eigenvalue weighted by Gasteiger charge is -2.36. The van der Waals surface area contributed by atoms with Crippen molar-refractivity contribution in [1.29, 1.82) is 0 Å². The number of piperazine rings is 1. The number of hydrogen-bond donors (Lipinski definition) is 2. The number of carbonyl (C=O) groups is 2. The molecule has 0 aromatic heterocycles. The summed E-state index contributed by atoms with van der Waals surface area (Å²) in [7, 11) is 0. The van der Waals surface area contributed by atoms with Gasteiger partial charge >= 0.3 is 0 Å². The lowest BCUT2D eigenvalue weighted by molar-refractivity contribution is -0.137. The lowest BCUT2D eigenvalue weighted by atomic mass is 9.94. The van der Waals surface area contributed by atoms with Gasteiger partial charge in [-0.1, -0.05) is 43.3 Å². The Morgan fingerprint density at radius 3 is 2.48 bits per heavy atom. The van der Waals surface area contributed by atoms with E-state index in [-0.39, 0.29) is 23.8 Å². The van der Waals surface area contributed by atoms with Crippen LogP contribution in [0.3, 0.4) is 0 Å². The zero-order valence-electron chi connectivity index (χ0n) is 14.9. The summed E-state index contributed by atoms with van der Waals surface area (Å²) in [6.45, 7) is 8.94. The van der Waals surface area contributed by atoms with Gasteiger partial charge < -0.3 is 16.0 Å². The van der Waals surface area contributed by atoms with Gasteiger partial charge in [-0.2, -0.15) is 0 Å². The van der Waals surface area contributed by atoms with E-state index in [1.165, 1.54) is 0 Å². The molecule has 1 heterocycles. The number of nitrogens with one attached hydrogen (secondary N) is 1. The van der Waals surface area contributed by atoms with Crippen LogP contribution in [0.5, 0.6) is 0 Å². The zero-order valence-corrected chi connectivity index (χ0v) is 14.9. The molecule has 2 atom stereocenters. The molecule has 2 amide bonds. The number of nitrogens with two attached hydrogens (primary N) is 1. The smallest absolute Gasteiger partial charge is 0.234 e. The van der Waals surface area contributed by atoms with Crippen LogP contribution in [-0.4, -0.2) is 60.9 Å². The molecule has 1 aliphatic heterocycles. The Labute approximate surface area is 149 Å². The van der Waals surface area contributed by atoms with Gasteiger partial charge in [0.2, 0.25) is 11.8 Å². The van der Waals surface area contributed by atoms with E-state index < -0.39 is 0 Å². The van der Waals surface area contributed by atoms with Gasteiger partial charge in [0.1, 0.15) is 0 Å². The summed E-state index contributed by atoms with van der Waals surface area (Å²) in [6.07, 6.45) is 1.66. The highest BCUT2D eigenvalue weighted by Gasteiger charge is 2.29. The van der Waals surface area contributed by atoms with Crippen LogP contribution in [-0.2, 0) is 9.59 Å². The minimum absolute atomic E-state index is 0.0147. The van der Waals surface area contributed by atoms with Crippen LogP contribution in [0.15, 0.2) is 43.0 Å². The molecular weight excluding hydrogens is 316 g/mol. The summed E-state index contributed by atoms with van der Waals surface area (Å²) in [5, 5.41) is 2.77. The third kappa shape index (κ3) is 5.41. The molecule has 0 spiro atoms. The monoisotopic (exact) mass is 344 g/mol. The predicted octanol–water partition coefficient (Wildman–Crippen LogP) is 0.769. The average molecular weight is 344 g/mol. The number of benzene rings is 1. The second-order valence-electron chi connectivity index (χ2n) is 6.42. The fourth-order valence-electron chi connectivity index (χ4n) is 2.98. The molecule has 0 radical (unpaired) electrons. The van der Waals surface area contributed by atoms with Gasteiger partial charge in [-0.05, 0) is 5.56 Å². The first kappa shape index (κ1) is 19.1. The molecule has 0 bridgehead atoms. The van der Waals surface area contributed by atoms with E-state index in [0.717, 1.165) is 5.56 Å². The first-order valence-electron chi connectivity index (χ1n) is 8.72. The van der Waals surface area contributed by atoms with E-state index in [0.29, 0.717) is 39.3 Å². The third-order valence-corrected chi connectivity index (χ3v) is 4.61. The Balaban J connectivity index is 1.82. The molecule has 0 saturated carbocycles. The SMILES string of the molecule is C=CCNC(=O)CN1CCN(C(=O)C(C)C(N)c2ccccc2)CC1. The molecular formula is C19H28N4O2. The molecule has 1 fully saturated rings.